The van der Waals surface area contributed by atoms with Crippen LogP contribution in [-0.2, 0) is 47.9 Å². The summed E-state index contributed by atoms with van der Waals surface area (Å²) < 4.78 is 0. The molecule has 1 aromatic rings. The molecule has 0 aliphatic carbocycles. The third-order valence-corrected chi connectivity index (χ3v) is 4.61. The van der Waals surface area contributed by atoms with Crippen LogP contribution in [0.4, 0.5) is 0 Å². The van der Waals surface area contributed by atoms with Gasteiger partial charge >= 0.3 is 59.7 Å². The standard InChI is InChI=1S/C8H6O4.C6H8O7.C5H10O2.C4H4O4.C4H8O2.C3H6O3.C2H4O2.CH2O2/c9-7(10)5-3-1-2-4-6(5)8(11)12;7-3(8)1-6(13,5(11)12)2-4(9)10;1-2-3-4-5(6)7;5-3(6)1-2-4(7)8;1-2-3-4(5)6;1-2(4)3(5)6;1-2(3)4;2-1-3/h1-4H,(H,9,10)(H,11,12);13H,1-2H2,(H,7,8)(H,9,10)(H,11,12);2-4H2,1H3,(H,6,7);1-2H,(H,5,6)(H,7,8);2-3H2,1H3,(H,5,6);2,4H,1H3,(H,5,6);1H3,(H,3,4);1H,(H,2,3). The lowest BCUT2D eigenvalue weighted by atomic mass is 9.96. The van der Waals surface area contributed by atoms with Gasteiger partial charge in [-0.2, -0.15) is 0 Å². The fourth-order valence-corrected chi connectivity index (χ4v) is 2.25. The van der Waals surface area contributed by atoms with Gasteiger partial charge in [0.25, 0.3) is 12.4 Å². The zero-order valence-electron chi connectivity index (χ0n) is 31.7. The molecule has 0 aliphatic heterocycles. The van der Waals surface area contributed by atoms with E-state index < -0.39 is 90.2 Å². The zero-order valence-corrected chi connectivity index (χ0v) is 31.7. The first kappa shape index (κ1) is 66.3. The van der Waals surface area contributed by atoms with Crippen molar-refractivity contribution in [3.63, 3.8) is 0 Å². The van der Waals surface area contributed by atoms with Crippen LogP contribution in [0.5, 0.6) is 0 Å². The molecule has 0 amide bonds. The van der Waals surface area contributed by atoms with Gasteiger partial charge in [0, 0.05) is 31.9 Å². The number of aliphatic carboxylic acids is 9. The van der Waals surface area contributed by atoms with Crippen molar-refractivity contribution in [1.82, 2.24) is 0 Å². The van der Waals surface area contributed by atoms with Crippen LogP contribution in [0.3, 0.4) is 0 Å². The zero-order chi connectivity index (χ0) is 48.5. The van der Waals surface area contributed by atoms with Crippen molar-refractivity contribution in [2.24, 2.45) is 0 Å². The van der Waals surface area contributed by atoms with Crippen LogP contribution in [0, 0.1) is 0 Å². The van der Waals surface area contributed by atoms with E-state index in [9.17, 15) is 47.9 Å². The monoisotopic (exact) mass is 860 g/mol. The minimum atomic E-state index is -2.74. The fourth-order valence-electron chi connectivity index (χ4n) is 2.25. The minimum absolute atomic E-state index is 0.190. The number of carboxylic acid groups (broad SMARTS) is 12. The maximum atomic E-state index is 10.5. The van der Waals surface area contributed by atoms with Gasteiger partial charge < -0.3 is 71.5 Å². The lowest BCUT2D eigenvalue weighted by Gasteiger charge is -2.18. The summed E-state index contributed by atoms with van der Waals surface area (Å²) in [5.41, 5.74) is -3.12. The second-order valence-electron chi connectivity index (χ2n) is 9.92. The molecule has 1 rings (SSSR count). The van der Waals surface area contributed by atoms with E-state index in [1.54, 1.807) is 0 Å². The summed E-state index contributed by atoms with van der Waals surface area (Å²) in [4.78, 5) is 117. The average Bonchev–Trinajstić information content (AvgIpc) is 3.07. The van der Waals surface area contributed by atoms with E-state index in [1.807, 2.05) is 13.8 Å². The van der Waals surface area contributed by atoms with Crippen LogP contribution in [0.1, 0.15) is 93.4 Å². The molecule has 26 heteroatoms. The molecule has 1 atom stereocenters. The van der Waals surface area contributed by atoms with Crippen molar-refractivity contribution in [2.45, 2.75) is 84.3 Å². The van der Waals surface area contributed by atoms with Crippen LogP contribution >= 0.6 is 0 Å². The molecule has 0 radical (unpaired) electrons. The van der Waals surface area contributed by atoms with Crippen molar-refractivity contribution in [3.8, 4) is 0 Å². The van der Waals surface area contributed by atoms with Crippen molar-refractivity contribution in [3.05, 3.63) is 47.5 Å². The quantitative estimate of drug-likeness (QED) is 0.0861. The third kappa shape index (κ3) is 62.8. The number of hydrogen-bond donors (Lipinski definition) is 14. The maximum absolute atomic E-state index is 10.5. The summed E-state index contributed by atoms with van der Waals surface area (Å²) in [6, 6.07) is 5.48. The van der Waals surface area contributed by atoms with Gasteiger partial charge in [0.1, 0.15) is 6.10 Å². The molecular weight excluding hydrogens is 812 g/mol. The van der Waals surface area contributed by atoms with Gasteiger partial charge in [0.15, 0.2) is 5.60 Å². The Labute approximate surface area is 333 Å². The molecule has 0 saturated carbocycles. The molecule has 336 valence electrons. The summed E-state index contributed by atoms with van der Waals surface area (Å²) in [6.07, 6.45) is 0.700. The lowest BCUT2D eigenvalue weighted by Crippen LogP contribution is -2.42. The van der Waals surface area contributed by atoms with E-state index in [1.165, 1.54) is 31.2 Å². The van der Waals surface area contributed by atoms with Gasteiger partial charge in [-0.15, -0.1) is 0 Å². The van der Waals surface area contributed by atoms with E-state index in [4.69, 9.17) is 81.1 Å². The summed E-state index contributed by atoms with van der Waals surface area (Å²) in [7, 11) is 0. The Morgan fingerprint density at radius 3 is 1.02 bits per heavy atom. The predicted molar refractivity (Wildman–Crippen MR) is 193 cm³/mol. The Balaban J connectivity index is -0.000000109. The van der Waals surface area contributed by atoms with Crippen molar-refractivity contribution in [1.29, 1.82) is 0 Å². The normalized spacial score (nSPS) is 9.46. The maximum Gasteiger partial charge on any atom is 0.336 e. The largest absolute Gasteiger partial charge is 0.483 e. The van der Waals surface area contributed by atoms with Gasteiger partial charge in [0.05, 0.1) is 24.0 Å². The second-order valence-corrected chi connectivity index (χ2v) is 9.92. The van der Waals surface area contributed by atoms with E-state index in [0.717, 1.165) is 26.2 Å². The molecule has 0 bridgehead atoms. The van der Waals surface area contributed by atoms with Gasteiger partial charge in [-0.25, -0.2) is 28.8 Å². The molecule has 0 aromatic heterocycles. The Kier molecular flexibility index (Phi) is 46.9. The van der Waals surface area contributed by atoms with Crippen LogP contribution in [0.25, 0.3) is 0 Å². The van der Waals surface area contributed by atoms with Gasteiger partial charge in [-0.1, -0.05) is 32.4 Å². The van der Waals surface area contributed by atoms with Crippen LogP contribution in [0.15, 0.2) is 36.4 Å². The van der Waals surface area contributed by atoms with Crippen LogP contribution < -0.4 is 0 Å². The molecular formula is C33H48O26. The highest BCUT2D eigenvalue weighted by Crippen LogP contribution is 2.15. The molecule has 1 aromatic carbocycles. The smallest absolute Gasteiger partial charge is 0.336 e. The Morgan fingerprint density at radius 1 is 0.610 bits per heavy atom. The Hall–Kier alpha value is -7.48. The van der Waals surface area contributed by atoms with Crippen molar-refractivity contribution < 1.29 is 129 Å². The minimum Gasteiger partial charge on any atom is -0.483 e. The highest BCUT2D eigenvalue weighted by Gasteiger charge is 2.40. The van der Waals surface area contributed by atoms with E-state index in [0.29, 0.717) is 25.0 Å². The molecule has 0 spiro atoms. The number of carbonyl (C=O) groups is 12. The van der Waals surface area contributed by atoms with Gasteiger partial charge in [0.2, 0.25) is 0 Å². The van der Waals surface area contributed by atoms with Crippen LogP contribution in [-0.4, -0.2) is 155 Å². The Morgan fingerprint density at radius 2 is 0.898 bits per heavy atom. The number of unbranched alkanes of at least 4 members (excludes halogenated alkanes) is 1. The van der Waals surface area contributed by atoms with Gasteiger partial charge in [-0.05, 0) is 31.9 Å². The van der Waals surface area contributed by atoms with Gasteiger partial charge in [-0.3, -0.25) is 28.8 Å². The fraction of sp³-hybridized carbons (Fsp3) is 0.394. The van der Waals surface area contributed by atoms with Crippen molar-refractivity contribution in [2.75, 3.05) is 0 Å². The summed E-state index contributed by atoms with van der Waals surface area (Å²) in [5, 5.41) is 113. The van der Waals surface area contributed by atoms with Crippen LogP contribution in [0.2, 0.25) is 0 Å². The predicted octanol–water partition coefficient (Wildman–Crippen LogP) is 0.922. The molecule has 14 N–H and O–H groups in total. The molecule has 0 saturated heterocycles. The Bertz CT molecular complexity index is 1440. The number of rotatable bonds is 15. The molecule has 59 heavy (non-hydrogen) atoms. The highest BCUT2D eigenvalue weighted by atomic mass is 16.4. The number of aromatic carboxylic acids is 2. The second kappa shape index (κ2) is 41.7. The lowest BCUT2D eigenvalue weighted by molar-refractivity contribution is -0.170. The number of carboxylic acids is 11. The summed E-state index contributed by atoms with van der Waals surface area (Å²) in [5.74, 6) is -13.4. The summed E-state index contributed by atoms with van der Waals surface area (Å²) in [6.45, 7) is 5.85. The first-order valence-electron chi connectivity index (χ1n) is 15.6. The first-order chi connectivity index (χ1) is 26.9. The van der Waals surface area contributed by atoms with E-state index in [-0.39, 0.29) is 17.6 Å². The number of hydrogen-bond acceptors (Lipinski definition) is 14. The average molecular weight is 861 g/mol. The number of aliphatic hydroxyl groups is 2. The molecule has 1 unspecified atom stereocenters. The topological polar surface area (TPSA) is 488 Å². The SMILES string of the molecule is CC(=O)O.CC(O)C(=O)O.CCCC(=O)O.CCCCC(=O)O.O=C(O)C=CC(=O)O.O=C(O)CC(O)(CC(=O)O)C(=O)O.O=C(O)c1ccccc1C(=O)O.O=CO. The van der Waals surface area contributed by atoms with E-state index in [2.05, 4.69) is 0 Å². The number of aliphatic hydroxyl groups excluding tert-OH is 1. The highest BCUT2D eigenvalue weighted by molar-refractivity contribution is 6.01. The summed E-state index contributed by atoms with van der Waals surface area (Å²) >= 11 is 0. The van der Waals surface area contributed by atoms with E-state index >= 15 is 0 Å². The number of benzene rings is 1. The molecule has 26 nitrogen and oxygen atoms in total. The third-order valence-electron chi connectivity index (χ3n) is 4.61. The first-order valence-corrected chi connectivity index (χ1v) is 15.6. The molecule has 0 aliphatic rings. The van der Waals surface area contributed by atoms with Crippen molar-refractivity contribution >= 4 is 72.1 Å². The molecule has 0 fully saturated rings. The molecule has 0 heterocycles.